The molecule has 0 aliphatic heterocycles. The van der Waals surface area contributed by atoms with Gasteiger partial charge in [-0.25, -0.2) is 4.79 Å². The van der Waals surface area contributed by atoms with Crippen LogP contribution in [0.15, 0.2) is 35.1 Å². The Labute approximate surface area is 113 Å². The van der Waals surface area contributed by atoms with Crippen molar-refractivity contribution in [2.45, 2.75) is 19.9 Å². The third-order valence-electron chi connectivity index (χ3n) is 2.77. The molecule has 94 valence electrons. The summed E-state index contributed by atoms with van der Waals surface area (Å²) < 4.78 is 2.45. The minimum Gasteiger partial charge on any atom is -0.477 e. The van der Waals surface area contributed by atoms with E-state index in [0.717, 1.165) is 22.2 Å². The molecule has 0 aromatic carbocycles. The first-order chi connectivity index (χ1) is 8.61. The fourth-order valence-corrected chi connectivity index (χ4v) is 2.35. The molecule has 0 aliphatic rings. The molecule has 0 aliphatic carbocycles. The Morgan fingerprint density at radius 2 is 2.33 bits per heavy atom. The summed E-state index contributed by atoms with van der Waals surface area (Å²) in [6.45, 7) is 2.53. The maximum atomic E-state index is 11.1. The highest BCUT2D eigenvalue weighted by molar-refractivity contribution is 9.10. The van der Waals surface area contributed by atoms with Crippen molar-refractivity contribution < 1.29 is 9.90 Å². The predicted octanol–water partition coefficient (Wildman–Crippen LogP) is 2.95. The molecule has 0 amide bonds. The van der Waals surface area contributed by atoms with Crippen LogP contribution in [-0.4, -0.2) is 20.6 Å². The van der Waals surface area contributed by atoms with E-state index in [-0.39, 0.29) is 5.69 Å². The molecule has 1 N–H and O–H groups in total. The fourth-order valence-electron chi connectivity index (χ4n) is 1.88. The zero-order valence-electron chi connectivity index (χ0n) is 9.93. The predicted molar refractivity (Wildman–Crippen MR) is 71.8 cm³/mol. The van der Waals surface area contributed by atoms with Crippen LogP contribution in [0, 0.1) is 0 Å². The van der Waals surface area contributed by atoms with Crippen LogP contribution < -0.4 is 0 Å². The monoisotopic (exact) mass is 308 g/mol. The van der Waals surface area contributed by atoms with Crippen LogP contribution in [-0.2, 0) is 13.0 Å². The van der Waals surface area contributed by atoms with Crippen molar-refractivity contribution in [3.05, 3.63) is 52.0 Å². The molecule has 2 rings (SSSR count). The lowest BCUT2D eigenvalue weighted by molar-refractivity contribution is 0.0685. The summed E-state index contributed by atoms with van der Waals surface area (Å²) in [5.41, 5.74) is 2.30. The number of aromatic carboxylic acids is 1. The van der Waals surface area contributed by atoms with Gasteiger partial charge in [0, 0.05) is 16.9 Å². The van der Waals surface area contributed by atoms with Crippen molar-refractivity contribution in [2.75, 3.05) is 0 Å². The molecule has 5 heteroatoms. The zero-order chi connectivity index (χ0) is 13.1. The molecule has 0 saturated heterocycles. The van der Waals surface area contributed by atoms with Gasteiger partial charge < -0.3 is 9.67 Å². The molecular formula is C13H13BrN2O2. The summed E-state index contributed by atoms with van der Waals surface area (Å²) in [5.74, 6) is -0.935. The maximum absolute atomic E-state index is 11.1. The normalized spacial score (nSPS) is 10.6. The van der Waals surface area contributed by atoms with Crippen LogP contribution in [0.3, 0.4) is 0 Å². The zero-order valence-corrected chi connectivity index (χ0v) is 11.5. The van der Waals surface area contributed by atoms with Gasteiger partial charge in [0.1, 0.15) is 5.69 Å². The Hall–Kier alpha value is -1.62. The molecule has 2 heterocycles. The first-order valence-electron chi connectivity index (χ1n) is 5.63. The smallest absolute Gasteiger partial charge is 0.352 e. The van der Waals surface area contributed by atoms with E-state index >= 15 is 0 Å². The largest absolute Gasteiger partial charge is 0.477 e. The van der Waals surface area contributed by atoms with E-state index in [1.807, 2.05) is 12.1 Å². The van der Waals surface area contributed by atoms with E-state index in [0.29, 0.717) is 6.54 Å². The molecule has 2 aromatic heterocycles. The average molecular weight is 309 g/mol. The molecule has 0 unspecified atom stereocenters. The van der Waals surface area contributed by atoms with Gasteiger partial charge in [-0.1, -0.05) is 13.0 Å². The number of hydrogen-bond donors (Lipinski definition) is 1. The van der Waals surface area contributed by atoms with E-state index in [2.05, 4.69) is 27.8 Å². The summed E-state index contributed by atoms with van der Waals surface area (Å²) in [7, 11) is 0. The molecule has 0 bridgehead atoms. The van der Waals surface area contributed by atoms with Crippen LogP contribution in [0.5, 0.6) is 0 Å². The van der Waals surface area contributed by atoms with Crippen molar-refractivity contribution in [3.8, 4) is 0 Å². The minimum atomic E-state index is -0.935. The highest BCUT2D eigenvalue weighted by Gasteiger charge is 2.13. The van der Waals surface area contributed by atoms with Crippen LogP contribution >= 0.6 is 15.9 Å². The van der Waals surface area contributed by atoms with Crippen LogP contribution in [0.4, 0.5) is 0 Å². The Balaban J connectivity index is 2.36. The quantitative estimate of drug-likeness (QED) is 0.944. The molecule has 0 saturated carbocycles. The average Bonchev–Trinajstić information content (AvgIpc) is 2.71. The van der Waals surface area contributed by atoms with Crippen LogP contribution in [0.1, 0.15) is 28.7 Å². The molecule has 0 atom stereocenters. The van der Waals surface area contributed by atoms with Crippen molar-refractivity contribution in [3.63, 3.8) is 0 Å². The number of carboxylic acids is 1. The summed E-state index contributed by atoms with van der Waals surface area (Å²) in [6.07, 6.45) is 4.37. The van der Waals surface area contributed by atoms with Crippen molar-refractivity contribution >= 4 is 21.9 Å². The molecular weight excluding hydrogens is 296 g/mol. The Bertz CT molecular complexity index is 578. The third-order valence-corrected chi connectivity index (χ3v) is 3.20. The maximum Gasteiger partial charge on any atom is 0.352 e. The Morgan fingerprint density at radius 1 is 1.56 bits per heavy atom. The standard InChI is InChI=1S/C13H13BrN2O2/c1-2-9-4-3-5-15-11(9)8-16-7-10(14)6-12(16)13(17)18/h3-7H,2,8H2,1H3,(H,17,18). The summed E-state index contributed by atoms with van der Waals surface area (Å²) in [4.78, 5) is 15.4. The second kappa shape index (κ2) is 5.35. The molecule has 4 nitrogen and oxygen atoms in total. The number of rotatable bonds is 4. The molecule has 0 fully saturated rings. The van der Waals surface area contributed by atoms with Crippen molar-refractivity contribution in [2.24, 2.45) is 0 Å². The number of carboxylic acid groups (broad SMARTS) is 1. The second-order valence-electron chi connectivity index (χ2n) is 3.94. The van der Waals surface area contributed by atoms with E-state index in [1.54, 1.807) is 23.0 Å². The summed E-state index contributed by atoms with van der Waals surface area (Å²) in [5, 5.41) is 9.12. The van der Waals surface area contributed by atoms with Crippen LogP contribution in [0.25, 0.3) is 0 Å². The van der Waals surface area contributed by atoms with E-state index in [9.17, 15) is 4.79 Å². The number of pyridine rings is 1. The number of halogens is 1. The van der Waals surface area contributed by atoms with Gasteiger partial charge in [-0.2, -0.15) is 0 Å². The number of nitrogens with zero attached hydrogens (tertiary/aromatic N) is 2. The Kier molecular flexibility index (Phi) is 3.81. The third kappa shape index (κ3) is 2.61. The lowest BCUT2D eigenvalue weighted by atomic mass is 10.1. The van der Waals surface area contributed by atoms with Gasteiger partial charge in [0.15, 0.2) is 0 Å². The van der Waals surface area contributed by atoms with E-state index < -0.39 is 5.97 Å². The lowest BCUT2D eigenvalue weighted by Gasteiger charge is -2.09. The van der Waals surface area contributed by atoms with Gasteiger partial charge in [0.05, 0.1) is 12.2 Å². The molecule has 0 radical (unpaired) electrons. The van der Waals surface area contributed by atoms with Gasteiger partial charge in [-0.05, 0) is 40.0 Å². The topological polar surface area (TPSA) is 55.1 Å². The van der Waals surface area contributed by atoms with Gasteiger partial charge in [-0.15, -0.1) is 0 Å². The minimum absolute atomic E-state index is 0.259. The molecule has 2 aromatic rings. The number of aromatic nitrogens is 2. The first-order valence-corrected chi connectivity index (χ1v) is 6.43. The van der Waals surface area contributed by atoms with Crippen molar-refractivity contribution in [1.82, 2.24) is 9.55 Å². The number of aryl methyl sites for hydroxylation is 1. The Morgan fingerprint density at radius 3 is 3.00 bits per heavy atom. The van der Waals surface area contributed by atoms with Crippen molar-refractivity contribution in [1.29, 1.82) is 0 Å². The lowest BCUT2D eigenvalue weighted by Crippen LogP contribution is -2.10. The van der Waals surface area contributed by atoms with Gasteiger partial charge >= 0.3 is 5.97 Å². The molecule has 18 heavy (non-hydrogen) atoms. The molecule has 0 spiro atoms. The fraction of sp³-hybridized carbons (Fsp3) is 0.231. The van der Waals surface area contributed by atoms with Gasteiger partial charge in [0.25, 0.3) is 0 Å². The first kappa shape index (κ1) is 12.8. The van der Waals surface area contributed by atoms with E-state index in [4.69, 9.17) is 5.11 Å². The van der Waals surface area contributed by atoms with Crippen LogP contribution in [0.2, 0.25) is 0 Å². The SMILES string of the molecule is CCc1cccnc1Cn1cc(Br)cc1C(=O)O. The summed E-state index contributed by atoms with van der Waals surface area (Å²) >= 11 is 3.30. The van der Waals surface area contributed by atoms with Gasteiger partial charge in [-0.3, -0.25) is 4.98 Å². The van der Waals surface area contributed by atoms with E-state index in [1.165, 1.54) is 0 Å². The van der Waals surface area contributed by atoms with Gasteiger partial charge in [0.2, 0.25) is 0 Å². The second-order valence-corrected chi connectivity index (χ2v) is 4.86. The number of hydrogen-bond acceptors (Lipinski definition) is 2. The highest BCUT2D eigenvalue weighted by atomic mass is 79.9. The number of carbonyl (C=O) groups is 1. The summed E-state index contributed by atoms with van der Waals surface area (Å²) in [6, 6.07) is 5.50. The highest BCUT2D eigenvalue weighted by Crippen LogP contribution is 2.17.